The summed E-state index contributed by atoms with van der Waals surface area (Å²) in [5.41, 5.74) is 2.63. The number of benzene rings is 1. The number of aromatic nitrogens is 1. The van der Waals surface area contributed by atoms with E-state index < -0.39 is 0 Å². The molecule has 0 unspecified atom stereocenters. The van der Waals surface area contributed by atoms with Crippen molar-refractivity contribution in [3.8, 4) is 11.3 Å². The van der Waals surface area contributed by atoms with E-state index in [0.717, 1.165) is 21.8 Å². The number of methoxy groups -OCH3 is 1. The predicted molar refractivity (Wildman–Crippen MR) is 73.0 cm³/mol. The van der Waals surface area contributed by atoms with Gasteiger partial charge in [-0.2, -0.15) is 0 Å². The van der Waals surface area contributed by atoms with E-state index in [0.29, 0.717) is 5.02 Å². The number of ether oxygens (including phenoxy) is 1. The summed E-state index contributed by atoms with van der Waals surface area (Å²) >= 11 is 7.75. The van der Waals surface area contributed by atoms with Gasteiger partial charge in [0.1, 0.15) is 0 Å². The molecule has 0 N–H and O–H groups in total. The fraction of sp³-hybridized carbons (Fsp3) is 0.231. The zero-order chi connectivity index (χ0) is 13.1. The van der Waals surface area contributed by atoms with Gasteiger partial charge in [0.15, 0.2) is 0 Å². The van der Waals surface area contributed by atoms with Gasteiger partial charge in [-0.3, -0.25) is 4.79 Å². The molecule has 2 rings (SSSR count). The Hall–Kier alpha value is -1.39. The van der Waals surface area contributed by atoms with E-state index in [4.69, 9.17) is 11.6 Å². The van der Waals surface area contributed by atoms with Crippen LogP contribution in [-0.2, 0) is 16.0 Å². The van der Waals surface area contributed by atoms with Gasteiger partial charge in [-0.25, -0.2) is 4.98 Å². The van der Waals surface area contributed by atoms with Crippen molar-refractivity contribution < 1.29 is 9.53 Å². The van der Waals surface area contributed by atoms with E-state index in [9.17, 15) is 4.79 Å². The van der Waals surface area contributed by atoms with Crippen molar-refractivity contribution in [1.82, 2.24) is 4.98 Å². The van der Waals surface area contributed by atoms with Gasteiger partial charge in [0.05, 0.1) is 24.2 Å². The molecule has 0 aliphatic carbocycles. The summed E-state index contributed by atoms with van der Waals surface area (Å²) in [4.78, 5) is 15.6. The van der Waals surface area contributed by atoms with Crippen LogP contribution >= 0.6 is 22.9 Å². The zero-order valence-corrected chi connectivity index (χ0v) is 11.6. The number of halogens is 1. The number of carbonyl (C=O) groups is 1. The number of rotatable bonds is 3. The summed E-state index contributed by atoms with van der Waals surface area (Å²) in [5, 5.41) is 3.56. The molecule has 3 nitrogen and oxygen atoms in total. The smallest absolute Gasteiger partial charge is 0.310 e. The van der Waals surface area contributed by atoms with E-state index in [1.165, 1.54) is 7.11 Å². The van der Waals surface area contributed by atoms with Crippen LogP contribution in [0.5, 0.6) is 0 Å². The van der Waals surface area contributed by atoms with Gasteiger partial charge in [0, 0.05) is 16.0 Å². The number of carbonyl (C=O) groups excluding carboxylic acids is 1. The van der Waals surface area contributed by atoms with Crippen LogP contribution in [0.2, 0.25) is 5.02 Å². The maximum Gasteiger partial charge on any atom is 0.310 e. The van der Waals surface area contributed by atoms with Gasteiger partial charge in [0.25, 0.3) is 0 Å². The lowest BCUT2D eigenvalue weighted by Gasteiger charge is -2.05. The lowest BCUT2D eigenvalue weighted by atomic mass is 10.1. The van der Waals surface area contributed by atoms with Gasteiger partial charge in [-0.15, -0.1) is 11.3 Å². The quantitative estimate of drug-likeness (QED) is 0.809. The van der Waals surface area contributed by atoms with Crippen molar-refractivity contribution in [3.05, 3.63) is 39.2 Å². The largest absolute Gasteiger partial charge is 0.469 e. The Balaban J connectivity index is 2.27. The molecule has 0 spiro atoms. The lowest BCUT2D eigenvalue weighted by Crippen LogP contribution is -2.04. The highest BCUT2D eigenvalue weighted by atomic mass is 35.5. The van der Waals surface area contributed by atoms with Crippen molar-refractivity contribution in [3.63, 3.8) is 0 Å². The maximum atomic E-state index is 11.2. The standard InChI is InChI=1S/C13H12ClNO2S/c1-8-15-12(7-18-8)10-4-3-9(11(14)5-10)6-13(16)17-2/h3-5,7H,6H2,1-2H3. The molecule has 94 valence electrons. The van der Waals surface area contributed by atoms with Crippen LogP contribution in [0.15, 0.2) is 23.6 Å². The topological polar surface area (TPSA) is 39.2 Å². The summed E-state index contributed by atoms with van der Waals surface area (Å²) in [6.07, 6.45) is 0.186. The molecule has 2 aromatic rings. The third-order valence-corrected chi connectivity index (χ3v) is 3.66. The van der Waals surface area contributed by atoms with Crippen LogP contribution in [0.4, 0.5) is 0 Å². The first-order valence-corrected chi connectivity index (χ1v) is 6.63. The van der Waals surface area contributed by atoms with E-state index >= 15 is 0 Å². The Morgan fingerprint density at radius 2 is 2.28 bits per heavy atom. The zero-order valence-electron chi connectivity index (χ0n) is 10.1. The number of thiazole rings is 1. The average molecular weight is 282 g/mol. The van der Waals surface area contributed by atoms with Crippen molar-refractivity contribution in [1.29, 1.82) is 0 Å². The van der Waals surface area contributed by atoms with Crippen molar-refractivity contribution in [2.45, 2.75) is 13.3 Å². The molecule has 0 radical (unpaired) electrons. The van der Waals surface area contributed by atoms with Crippen LogP contribution in [0.1, 0.15) is 10.6 Å². The molecular formula is C13H12ClNO2S. The number of esters is 1. The highest BCUT2D eigenvalue weighted by molar-refractivity contribution is 7.09. The number of hydrogen-bond donors (Lipinski definition) is 0. The second-order valence-corrected chi connectivity index (χ2v) is 5.28. The number of nitrogens with zero attached hydrogens (tertiary/aromatic N) is 1. The highest BCUT2D eigenvalue weighted by Gasteiger charge is 2.09. The first-order chi connectivity index (χ1) is 8.60. The van der Waals surface area contributed by atoms with Gasteiger partial charge < -0.3 is 4.74 Å². The molecule has 1 aromatic carbocycles. The molecule has 0 atom stereocenters. The summed E-state index contributed by atoms with van der Waals surface area (Å²) < 4.78 is 4.62. The fourth-order valence-corrected chi connectivity index (χ4v) is 2.44. The Kier molecular flexibility index (Phi) is 3.99. The SMILES string of the molecule is COC(=O)Cc1ccc(-c2csc(C)n2)cc1Cl. The van der Waals surface area contributed by atoms with Crippen LogP contribution < -0.4 is 0 Å². The van der Waals surface area contributed by atoms with E-state index in [-0.39, 0.29) is 12.4 Å². The minimum atomic E-state index is -0.297. The summed E-state index contributed by atoms with van der Waals surface area (Å²) in [6, 6.07) is 5.58. The number of aryl methyl sites for hydroxylation is 1. The van der Waals surface area contributed by atoms with Crippen molar-refractivity contribution >= 4 is 28.9 Å². The lowest BCUT2D eigenvalue weighted by molar-refractivity contribution is -0.139. The Morgan fingerprint density at radius 1 is 1.50 bits per heavy atom. The normalized spacial score (nSPS) is 10.4. The van der Waals surface area contributed by atoms with Gasteiger partial charge in [0.2, 0.25) is 0 Å². The maximum absolute atomic E-state index is 11.2. The molecule has 1 heterocycles. The molecular weight excluding hydrogens is 270 g/mol. The van der Waals surface area contributed by atoms with Crippen LogP contribution in [0.3, 0.4) is 0 Å². The Morgan fingerprint density at radius 3 is 2.83 bits per heavy atom. The molecule has 5 heteroatoms. The predicted octanol–water partition coefficient (Wildman–Crippen LogP) is 3.49. The monoisotopic (exact) mass is 281 g/mol. The molecule has 0 saturated heterocycles. The van der Waals surface area contributed by atoms with Crippen molar-refractivity contribution in [2.75, 3.05) is 7.11 Å². The van der Waals surface area contributed by atoms with Gasteiger partial charge in [-0.1, -0.05) is 23.7 Å². The number of hydrogen-bond acceptors (Lipinski definition) is 4. The molecule has 0 fully saturated rings. The van der Waals surface area contributed by atoms with E-state index in [2.05, 4.69) is 9.72 Å². The average Bonchev–Trinajstić information content (AvgIpc) is 2.78. The van der Waals surface area contributed by atoms with Crippen LogP contribution in [0.25, 0.3) is 11.3 Å². The minimum absolute atomic E-state index is 0.186. The summed E-state index contributed by atoms with van der Waals surface area (Å²) in [5.74, 6) is -0.297. The van der Waals surface area contributed by atoms with Crippen molar-refractivity contribution in [2.24, 2.45) is 0 Å². The van der Waals surface area contributed by atoms with E-state index in [1.807, 2.05) is 30.5 Å². The van der Waals surface area contributed by atoms with E-state index in [1.54, 1.807) is 11.3 Å². The Labute approximate surface area is 114 Å². The van der Waals surface area contributed by atoms with Gasteiger partial charge >= 0.3 is 5.97 Å². The third-order valence-electron chi connectivity index (χ3n) is 2.53. The second-order valence-electron chi connectivity index (χ2n) is 3.81. The first-order valence-electron chi connectivity index (χ1n) is 5.38. The summed E-state index contributed by atoms with van der Waals surface area (Å²) in [7, 11) is 1.36. The second kappa shape index (κ2) is 5.50. The Bertz CT molecular complexity index is 580. The molecule has 0 amide bonds. The summed E-state index contributed by atoms with van der Waals surface area (Å²) in [6.45, 7) is 1.96. The van der Waals surface area contributed by atoms with Crippen LogP contribution in [0, 0.1) is 6.92 Å². The van der Waals surface area contributed by atoms with Gasteiger partial charge in [-0.05, 0) is 18.6 Å². The first kappa shape index (κ1) is 13.1. The highest BCUT2D eigenvalue weighted by Crippen LogP contribution is 2.27. The fourth-order valence-electron chi connectivity index (χ4n) is 1.57. The molecule has 0 aliphatic rings. The third kappa shape index (κ3) is 2.89. The molecule has 0 bridgehead atoms. The molecule has 0 aliphatic heterocycles. The minimum Gasteiger partial charge on any atom is -0.469 e. The van der Waals surface area contributed by atoms with Crippen LogP contribution in [-0.4, -0.2) is 18.1 Å². The molecule has 0 saturated carbocycles. The molecule has 18 heavy (non-hydrogen) atoms. The molecule has 1 aromatic heterocycles.